The molecular formula is C12H25ClN2O. The van der Waals surface area contributed by atoms with Crippen LogP contribution in [0.5, 0.6) is 0 Å². The molecule has 3 atom stereocenters. The number of nitrogens with zero attached hydrogens (tertiary/aromatic N) is 1. The first-order valence-corrected chi connectivity index (χ1v) is 6.18. The molecule has 0 aromatic rings. The fraction of sp³-hybridized carbons (Fsp3) is 1.00. The average Bonchev–Trinajstić information content (AvgIpc) is 2.23. The van der Waals surface area contributed by atoms with Gasteiger partial charge in [0.05, 0.1) is 6.61 Å². The first-order chi connectivity index (χ1) is 7.10. The van der Waals surface area contributed by atoms with Gasteiger partial charge in [-0.05, 0) is 39.3 Å². The van der Waals surface area contributed by atoms with Crippen LogP contribution in [-0.2, 0) is 4.74 Å². The number of hydrogen-bond donors (Lipinski definition) is 1. The van der Waals surface area contributed by atoms with Crippen molar-refractivity contribution in [1.82, 2.24) is 10.2 Å². The van der Waals surface area contributed by atoms with Crippen molar-refractivity contribution in [3.8, 4) is 0 Å². The minimum Gasteiger partial charge on any atom is -0.360 e. The van der Waals surface area contributed by atoms with Crippen molar-refractivity contribution in [2.24, 2.45) is 11.8 Å². The Balaban J connectivity index is 0.00000128. The number of halogens is 1. The predicted molar refractivity (Wildman–Crippen MR) is 69.0 cm³/mol. The Labute approximate surface area is 105 Å². The smallest absolute Gasteiger partial charge is 0.120 e. The maximum atomic E-state index is 6.03. The molecule has 0 amide bonds. The van der Waals surface area contributed by atoms with E-state index >= 15 is 0 Å². The SMILES string of the molecule is CC1CNC(C)(C2CCCN(C)C2)OC1.Cl. The number of rotatable bonds is 1. The highest BCUT2D eigenvalue weighted by Gasteiger charge is 2.39. The van der Waals surface area contributed by atoms with Gasteiger partial charge in [-0.3, -0.25) is 5.32 Å². The normalized spacial score (nSPS) is 41.4. The van der Waals surface area contributed by atoms with E-state index in [1.54, 1.807) is 0 Å². The number of likely N-dealkylation sites (tertiary alicyclic amines) is 1. The Hall–Kier alpha value is 0.170. The predicted octanol–water partition coefficient (Wildman–Crippen LogP) is 1.72. The van der Waals surface area contributed by atoms with Gasteiger partial charge in [-0.15, -0.1) is 12.4 Å². The standard InChI is InChI=1S/C12H24N2O.ClH/c1-10-7-13-12(2,15-9-10)11-5-4-6-14(3)8-11;/h10-11,13H,4-9H2,1-3H3;1H. The Morgan fingerprint density at radius 1 is 1.44 bits per heavy atom. The van der Waals surface area contributed by atoms with Gasteiger partial charge in [-0.25, -0.2) is 0 Å². The van der Waals surface area contributed by atoms with Crippen LogP contribution in [0.2, 0.25) is 0 Å². The Morgan fingerprint density at radius 3 is 2.75 bits per heavy atom. The summed E-state index contributed by atoms with van der Waals surface area (Å²) in [4.78, 5) is 2.42. The second kappa shape index (κ2) is 5.67. The van der Waals surface area contributed by atoms with Crippen molar-refractivity contribution in [3.63, 3.8) is 0 Å². The lowest BCUT2D eigenvalue weighted by atomic mass is 9.87. The minimum absolute atomic E-state index is 0. The Bertz CT molecular complexity index is 217. The van der Waals surface area contributed by atoms with Crippen LogP contribution in [0.25, 0.3) is 0 Å². The molecule has 16 heavy (non-hydrogen) atoms. The fourth-order valence-electron chi connectivity index (χ4n) is 2.68. The second-order valence-electron chi connectivity index (χ2n) is 5.51. The molecule has 96 valence electrons. The van der Waals surface area contributed by atoms with Gasteiger partial charge in [0.2, 0.25) is 0 Å². The number of nitrogens with one attached hydrogen (secondary N) is 1. The lowest BCUT2D eigenvalue weighted by molar-refractivity contribution is -0.146. The maximum absolute atomic E-state index is 6.03. The van der Waals surface area contributed by atoms with E-state index < -0.39 is 0 Å². The molecule has 2 aliphatic rings. The quantitative estimate of drug-likeness (QED) is 0.765. The third-order valence-corrected chi connectivity index (χ3v) is 3.87. The Kier molecular flexibility index (Phi) is 5.05. The molecule has 0 spiro atoms. The Morgan fingerprint density at radius 2 is 2.19 bits per heavy atom. The third kappa shape index (κ3) is 3.10. The molecule has 0 aromatic carbocycles. The van der Waals surface area contributed by atoms with Crippen molar-refractivity contribution >= 4 is 12.4 Å². The molecule has 4 heteroatoms. The van der Waals surface area contributed by atoms with Gasteiger partial charge in [-0.1, -0.05) is 6.92 Å². The van der Waals surface area contributed by atoms with Crippen LogP contribution >= 0.6 is 12.4 Å². The highest BCUT2D eigenvalue weighted by molar-refractivity contribution is 5.85. The lowest BCUT2D eigenvalue weighted by Crippen LogP contribution is -2.59. The van der Waals surface area contributed by atoms with Crippen molar-refractivity contribution in [2.45, 2.75) is 32.4 Å². The summed E-state index contributed by atoms with van der Waals surface area (Å²) in [6.07, 6.45) is 2.60. The molecule has 3 nitrogen and oxygen atoms in total. The molecule has 2 rings (SSSR count). The summed E-state index contributed by atoms with van der Waals surface area (Å²) in [6, 6.07) is 0. The summed E-state index contributed by atoms with van der Waals surface area (Å²) < 4.78 is 6.03. The van der Waals surface area contributed by atoms with E-state index in [9.17, 15) is 0 Å². The summed E-state index contributed by atoms with van der Waals surface area (Å²) in [7, 11) is 2.21. The van der Waals surface area contributed by atoms with E-state index in [0.717, 1.165) is 19.7 Å². The van der Waals surface area contributed by atoms with Crippen LogP contribution in [0.3, 0.4) is 0 Å². The molecule has 0 aliphatic carbocycles. The molecule has 0 aromatic heterocycles. The summed E-state index contributed by atoms with van der Waals surface area (Å²) in [5.41, 5.74) is -0.0822. The van der Waals surface area contributed by atoms with Crippen molar-refractivity contribution in [1.29, 1.82) is 0 Å². The van der Waals surface area contributed by atoms with Crippen LogP contribution in [0.4, 0.5) is 0 Å². The van der Waals surface area contributed by atoms with E-state index in [4.69, 9.17) is 4.74 Å². The third-order valence-electron chi connectivity index (χ3n) is 3.87. The highest BCUT2D eigenvalue weighted by atomic mass is 35.5. The zero-order valence-electron chi connectivity index (χ0n) is 10.7. The highest BCUT2D eigenvalue weighted by Crippen LogP contribution is 2.30. The molecular weight excluding hydrogens is 224 g/mol. The maximum Gasteiger partial charge on any atom is 0.120 e. The van der Waals surface area contributed by atoms with Gasteiger partial charge in [-0.2, -0.15) is 0 Å². The van der Waals surface area contributed by atoms with Gasteiger partial charge in [0.25, 0.3) is 0 Å². The zero-order valence-corrected chi connectivity index (χ0v) is 11.5. The largest absolute Gasteiger partial charge is 0.360 e. The molecule has 0 radical (unpaired) electrons. The summed E-state index contributed by atoms with van der Waals surface area (Å²) >= 11 is 0. The lowest BCUT2D eigenvalue weighted by Gasteiger charge is -2.46. The average molecular weight is 249 g/mol. The van der Waals surface area contributed by atoms with Crippen molar-refractivity contribution in [3.05, 3.63) is 0 Å². The number of ether oxygens (including phenoxy) is 1. The first kappa shape index (κ1) is 14.2. The van der Waals surface area contributed by atoms with E-state index in [1.807, 2.05) is 0 Å². The number of piperidine rings is 1. The summed E-state index contributed by atoms with van der Waals surface area (Å²) in [5.74, 6) is 1.29. The van der Waals surface area contributed by atoms with Gasteiger partial charge in [0, 0.05) is 19.0 Å². The molecule has 2 saturated heterocycles. The van der Waals surface area contributed by atoms with Gasteiger partial charge < -0.3 is 9.64 Å². The first-order valence-electron chi connectivity index (χ1n) is 6.18. The summed E-state index contributed by atoms with van der Waals surface area (Å²) in [6.45, 7) is 8.86. The number of hydrogen-bond acceptors (Lipinski definition) is 3. The topological polar surface area (TPSA) is 24.5 Å². The second-order valence-corrected chi connectivity index (χ2v) is 5.51. The van der Waals surface area contributed by atoms with Crippen LogP contribution in [-0.4, -0.2) is 43.9 Å². The van der Waals surface area contributed by atoms with E-state index in [1.165, 1.54) is 19.4 Å². The zero-order chi connectivity index (χ0) is 10.9. The van der Waals surface area contributed by atoms with Crippen LogP contribution < -0.4 is 5.32 Å². The molecule has 2 heterocycles. The molecule has 0 saturated carbocycles. The van der Waals surface area contributed by atoms with Gasteiger partial charge in [0.15, 0.2) is 0 Å². The van der Waals surface area contributed by atoms with Crippen LogP contribution in [0, 0.1) is 11.8 Å². The van der Waals surface area contributed by atoms with Crippen molar-refractivity contribution < 1.29 is 4.74 Å². The monoisotopic (exact) mass is 248 g/mol. The van der Waals surface area contributed by atoms with E-state index in [2.05, 4.69) is 31.1 Å². The molecule has 1 N–H and O–H groups in total. The molecule has 0 bridgehead atoms. The van der Waals surface area contributed by atoms with Gasteiger partial charge >= 0.3 is 0 Å². The minimum atomic E-state index is -0.0822. The molecule has 2 fully saturated rings. The van der Waals surface area contributed by atoms with E-state index in [0.29, 0.717) is 11.8 Å². The fourth-order valence-corrected chi connectivity index (χ4v) is 2.68. The van der Waals surface area contributed by atoms with Crippen LogP contribution in [0.1, 0.15) is 26.7 Å². The van der Waals surface area contributed by atoms with Gasteiger partial charge in [0.1, 0.15) is 5.72 Å². The van der Waals surface area contributed by atoms with Crippen LogP contribution in [0.15, 0.2) is 0 Å². The molecule has 3 unspecified atom stereocenters. The van der Waals surface area contributed by atoms with E-state index in [-0.39, 0.29) is 18.1 Å². The van der Waals surface area contributed by atoms with Crippen molar-refractivity contribution in [2.75, 3.05) is 33.3 Å². The summed E-state index contributed by atoms with van der Waals surface area (Å²) in [5, 5.41) is 3.59. The molecule has 2 aliphatic heterocycles.